The van der Waals surface area contributed by atoms with Gasteiger partial charge in [-0.3, -0.25) is 4.79 Å². The molecule has 0 saturated carbocycles. The van der Waals surface area contributed by atoms with Crippen LogP contribution in [-0.4, -0.2) is 50.2 Å². The van der Waals surface area contributed by atoms with Crippen LogP contribution >= 0.6 is 11.3 Å². The Morgan fingerprint density at radius 2 is 2.19 bits per heavy atom. The van der Waals surface area contributed by atoms with Gasteiger partial charge in [-0.1, -0.05) is 0 Å². The number of carbonyl (C=O) groups excluding carboxylic acids is 1. The van der Waals surface area contributed by atoms with E-state index < -0.39 is 10.0 Å². The molecular weight excluding hydrogens is 308 g/mol. The summed E-state index contributed by atoms with van der Waals surface area (Å²) >= 11 is 1.28. The summed E-state index contributed by atoms with van der Waals surface area (Å²) in [7, 11) is -1.70. The zero-order chi connectivity index (χ0) is 15.6. The first-order chi connectivity index (χ1) is 9.86. The fourth-order valence-corrected chi connectivity index (χ4v) is 5.47. The summed E-state index contributed by atoms with van der Waals surface area (Å²) in [6, 6.07) is 3.47. The average Bonchev–Trinajstić information content (AvgIpc) is 2.93. The Kier molecular flexibility index (Phi) is 5.06. The van der Waals surface area contributed by atoms with Crippen molar-refractivity contribution in [1.82, 2.24) is 9.21 Å². The summed E-state index contributed by atoms with van der Waals surface area (Å²) in [4.78, 5) is 14.9. The molecule has 5 nitrogen and oxygen atoms in total. The summed E-state index contributed by atoms with van der Waals surface area (Å²) in [6.45, 7) is 5.25. The highest BCUT2D eigenvalue weighted by atomic mass is 32.2. The molecule has 1 fully saturated rings. The molecule has 0 radical (unpaired) electrons. The number of hydrogen-bond donors (Lipinski definition) is 0. The van der Waals surface area contributed by atoms with Gasteiger partial charge in [0, 0.05) is 31.6 Å². The van der Waals surface area contributed by atoms with Crippen molar-refractivity contribution in [2.45, 2.75) is 30.9 Å². The van der Waals surface area contributed by atoms with Crippen LogP contribution < -0.4 is 0 Å². The van der Waals surface area contributed by atoms with Crippen molar-refractivity contribution in [2.24, 2.45) is 5.92 Å². The molecule has 21 heavy (non-hydrogen) atoms. The fourth-order valence-electron chi connectivity index (χ4n) is 2.51. The molecule has 0 N–H and O–H groups in total. The zero-order valence-electron chi connectivity index (χ0n) is 12.7. The van der Waals surface area contributed by atoms with Gasteiger partial charge in [0.25, 0.3) is 10.0 Å². The van der Waals surface area contributed by atoms with Crippen molar-refractivity contribution >= 4 is 27.3 Å². The van der Waals surface area contributed by atoms with Crippen LogP contribution in [0.3, 0.4) is 0 Å². The highest BCUT2D eigenvalue weighted by Crippen LogP contribution is 2.28. The van der Waals surface area contributed by atoms with E-state index in [2.05, 4.69) is 0 Å². The number of carbonyl (C=O) groups is 1. The topological polar surface area (TPSA) is 57.7 Å². The second-order valence-electron chi connectivity index (χ2n) is 5.42. The molecule has 1 atom stereocenters. The SMILES string of the molecule is CCN(C)C(=O)C1CCCN(S(=O)(=O)c2ccc(C)s2)C1. The highest BCUT2D eigenvalue weighted by molar-refractivity contribution is 7.91. The Labute approximate surface area is 130 Å². The van der Waals surface area contributed by atoms with Crippen molar-refractivity contribution in [2.75, 3.05) is 26.7 Å². The average molecular weight is 330 g/mol. The molecule has 0 aromatic carbocycles. The minimum atomic E-state index is -3.46. The molecule has 1 aromatic rings. The third-order valence-electron chi connectivity index (χ3n) is 3.89. The molecule has 1 unspecified atom stereocenters. The van der Waals surface area contributed by atoms with Crippen molar-refractivity contribution in [3.05, 3.63) is 17.0 Å². The molecule has 2 rings (SSSR count). The van der Waals surface area contributed by atoms with Gasteiger partial charge in [0.2, 0.25) is 5.91 Å². The molecule has 0 spiro atoms. The third-order valence-corrected chi connectivity index (χ3v) is 7.23. The molecule has 118 valence electrons. The molecule has 1 aliphatic rings. The number of hydrogen-bond acceptors (Lipinski definition) is 4. The normalized spacial score (nSPS) is 20.4. The van der Waals surface area contributed by atoms with Crippen LogP contribution in [0.1, 0.15) is 24.6 Å². The molecule has 2 heterocycles. The van der Waals surface area contributed by atoms with Gasteiger partial charge in [-0.05, 0) is 38.8 Å². The molecule has 1 amide bonds. The summed E-state index contributed by atoms with van der Waals surface area (Å²) < 4.78 is 27.1. The lowest BCUT2D eigenvalue weighted by Gasteiger charge is -2.32. The van der Waals surface area contributed by atoms with Gasteiger partial charge in [0.1, 0.15) is 4.21 Å². The van der Waals surface area contributed by atoms with E-state index in [1.165, 1.54) is 15.6 Å². The first-order valence-corrected chi connectivity index (χ1v) is 9.43. The van der Waals surface area contributed by atoms with Gasteiger partial charge in [0.15, 0.2) is 0 Å². The van der Waals surface area contributed by atoms with E-state index in [0.717, 1.165) is 17.7 Å². The Hall–Kier alpha value is -0.920. The molecule has 1 aliphatic heterocycles. The zero-order valence-corrected chi connectivity index (χ0v) is 14.3. The fraction of sp³-hybridized carbons (Fsp3) is 0.643. The lowest BCUT2D eigenvalue weighted by molar-refractivity contribution is -0.135. The van der Waals surface area contributed by atoms with E-state index in [4.69, 9.17) is 0 Å². The summed E-state index contributed by atoms with van der Waals surface area (Å²) in [5.74, 6) is -0.181. The van der Waals surface area contributed by atoms with Crippen molar-refractivity contribution in [3.8, 4) is 0 Å². The maximum Gasteiger partial charge on any atom is 0.252 e. The predicted octanol–water partition coefficient (Wildman–Crippen LogP) is 1.94. The van der Waals surface area contributed by atoms with E-state index >= 15 is 0 Å². The number of nitrogens with zero attached hydrogens (tertiary/aromatic N) is 2. The summed E-state index contributed by atoms with van der Waals surface area (Å²) in [5.41, 5.74) is 0. The van der Waals surface area contributed by atoms with Gasteiger partial charge < -0.3 is 4.90 Å². The van der Waals surface area contributed by atoms with Crippen LogP contribution in [0.5, 0.6) is 0 Å². The maximum absolute atomic E-state index is 12.6. The van der Waals surface area contributed by atoms with Gasteiger partial charge in [-0.15, -0.1) is 11.3 Å². The molecule has 0 bridgehead atoms. The lowest BCUT2D eigenvalue weighted by Crippen LogP contribution is -2.45. The standard InChI is InChI=1S/C14H22N2O3S2/c1-4-15(3)14(17)12-6-5-9-16(10-12)21(18,19)13-8-7-11(2)20-13/h7-8,12H,4-6,9-10H2,1-3H3. The van der Waals surface area contributed by atoms with E-state index in [-0.39, 0.29) is 11.8 Å². The Morgan fingerprint density at radius 3 is 2.76 bits per heavy atom. The van der Waals surface area contributed by atoms with E-state index in [1.54, 1.807) is 18.0 Å². The lowest BCUT2D eigenvalue weighted by atomic mass is 9.98. The smallest absolute Gasteiger partial charge is 0.252 e. The largest absolute Gasteiger partial charge is 0.346 e. The Morgan fingerprint density at radius 1 is 1.48 bits per heavy atom. The van der Waals surface area contributed by atoms with Crippen LogP contribution in [0.2, 0.25) is 0 Å². The monoisotopic (exact) mass is 330 g/mol. The van der Waals surface area contributed by atoms with Crippen molar-refractivity contribution in [3.63, 3.8) is 0 Å². The van der Waals surface area contributed by atoms with Gasteiger partial charge in [-0.2, -0.15) is 4.31 Å². The number of aryl methyl sites for hydroxylation is 1. The Bertz CT molecular complexity index is 609. The second kappa shape index (κ2) is 6.46. The first kappa shape index (κ1) is 16.5. The van der Waals surface area contributed by atoms with Crippen molar-refractivity contribution < 1.29 is 13.2 Å². The van der Waals surface area contributed by atoms with E-state index in [0.29, 0.717) is 23.8 Å². The van der Waals surface area contributed by atoms with E-state index in [1.807, 2.05) is 19.9 Å². The molecule has 1 saturated heterocycles. The first-order valence-electron chi connectivity index (χ1n) is 7.17. The third kappa shape index (κ3) is 3.46. The second-order valence-corrected chi connectivity index (χ2v) is 8.87. The minimum absolute atomic E-state index is 0.0414. The van der Waals surface area contributed by atoms with Crippen LogP contribution in [0, 0.1) is 12.8 Å². The quantitative estimate of drug-likeness (QED) is 0.848. The predicted molar refractivity (Wildman–Crippen MR) is 83.8 cm³/mol. The van der Waals surface area contributed by atoms with Gasteiger partial charge in [0.05, 0.1) is 5.92 Å². The van der Waals surface area contributed by atoms with Crippen LogP contribution in [-0.2, 0) is 14.8 Å². The van der Waals surface area contributed by atoms with Crippen molar-refractivity contribution in [1.29, 1.82) is 0 Å². The molecule has 7 heteroatoms. The number of rotatable bonds is 4. The molecular formula is C14H22N2O3S2. The Balaban J connectivity index is 2.16. The van der Waals surface area contributed by atoms with Gasteiger partial charge in [-0.25, -0.2) is 8.42 Å². The van der Waals surface area contributed by atoms with Crippen LogP contribution in [0.4, 0.5) is 0 Å². The number of piperidine rings is 1. The molecule has 0 aliphatic carbocycles. The number of thiophene rings is 1. The van der Waals surface area contributed by atoms with Crippen LogP contribution in [0.15, 0.2) is 16.3 Å². The summed E-state index contributed by atoms with van der Waals surface area (Å²) in [6.07, 6.45) is 1.50. The number of amides is 1. The van der Waals surface area contributed by atoms with Gasteiger partial charge >= 0.3 is 0 Å². The maximum atomic E-state index is 12.6. The summed E-state index contributed by atoms with van der Waals surface area (Å²) in [5, 5.41) is 0. The highest BCUT2D eigenvalue weighted by Gasteiger charge is 2.34. The minimum Gasteiger partial charge on any atom is -0.346 e. The van der Waals surface area contributed by atoms with Crippen LogP contribution in [0.25, 0.3) is 0 Å². The molecule has 1 aromatic heterocycles. The number of sulfonamides is 1. The van der Waals surface area contributed by atoms with E-state index in [9.17, 15) is 13.2 Å².